The summed E-state index contributed by atoms with van der Waals surface area (Å²) in [6.07, 6.45) is -10.0. The number of aliphatic hydroxyl groups is 2. The van der Waals surface area contributed by atoms with Crippen LogP contribution in [-0.4, -0.2) is 98.9 Å². The molecule has 0 radical (unpaired) electrons. The molecule has 0 aliphatic carbocycles. The Hall–Kier alpha value is -2.03. The largest absolute Gasteiger partial charge is 0.472 e. The van der Waals surface area contributed by atoms with E-state index in [9.17, 15) is 29.1 Å². The molecular weight excluding hydrogens is 723 g/mol. The molecule has 0 bridgehead atoms. The van der Waals surface area contributed by atoms with Crippen molar-refractivity contribution in [3.63, 3.8) is 0 Å². The highest BCUT2D eigenvalue weighted by atomic mass is 35.5. The van der Waals surface area contributed by atoms with E-state index in [2.05, 4.69) is 19.9 Å². The average Bonchev–Trinajstić information content (AvgIpc) is 3.71. The molecule has 19 nitrogen and oxygen atoms in total. The van der Waals surface area contributed by atoms with Crippen molar-refractivity contribution in [2.75, 3.05) is 18.9 Å². The fraction of sp³-hybridized carbons (Fsp3) is 0.455. The van der Waals surface area contributed by atoms with Gasteiger partial charge in [-0.3, -0.25) is 27.2 Å². The first-order valence-electron chi connectivity index (χ1n) is 13.2. The van der Waals surface area contributed by atoms with E-state index in [-0.39, 0.29) is 43.3 Å². The Labute approximate surface area is 271 Å². The molecule has 248 valence electrons. The summed E-state index contributed by atoms with van der Waals surface area (Å²) in [7, 11) is -10.1. The topological polar surface area (TPSA) is 258 Å². The van der Waals surface area contributed by atoms with Crippen molar-refractivity contribution in [1.82, 2.24) is 29.1 Å². The molecule has 1 aromatic carbocycles. The molecule has 0 saturated carbocycles. The first-order valence-corrected chi connectivity index (χ1v) is 17.3. The summed E-state index contributed by atoms with van der Waals surface area (Å²) in [6.45, 7) is -1.62. The molecule has 0 spiro atoms. The van der Waals surface area contributed by atoms with Gasteiger partial charge in [0.1, 0.15) is 48.5 Å². The van der Waals surface area contributed by atoms with Crippen LogP contribution in [0, 0.1) is 0 Å². The molecule has 3 saturated heterocycles. The van der Waals surface area contributed by atoms with Gasteiger partial charge in [-0.15, -0.1) is 0 Å². The van der Waals surface area contributed by atoms with Crippen molar-refractivity contribution in [1.29, 1.82) is 0 Å². The van der Waals surface area contributed by atoms with E-state index in [1.807, 2.05) is 0 Å². The van der Waals surface area contributed by atoms with Gasteiger partial charge in [-0.2, -0.15) is 0 Å². The second kappa shape index (κ2) is 11.8. The highest BCUT2D eigenvalue weighted by Gasteiger charge is 2.54. The fourth-order valence-corrected chi connectivity index (χ4v) is 8.00. The van der Waals surface area contributed by atoms with Crippen LogP contribution in [0.25, 0.3) is 22.2 Å². The number of fused-ring (bicyclic) bond motifs is 4. The Morgan fingerprint density at radius 2 is 1.46 bits per heavy atom. The van der Waals surface area contributed by atoms with Crippen LogP contribution in [0.1, 0.15) is 12.5 Å². The summed E-state index contributed by atoms with van der Waals surface area (Å²) >= 11 is 18.6. The standard InChI is InChI=1S/C22H22Cl3N7O12P2/c23-7-1-9-10(2-8(7)24)32(22(25)30-9)21-15(34)17-12(42-21)4-40-45(35,36)43-16-11(3-39-46(37,38)44-17)41-20(14(16)33)31-6-29-13-18(26)27-5-28-19(13)31/h1-2,5-6,11-12,14-17,20-21,33-34H,3-4H2,(H,35,36)(H,37,38)(H2,26,27,28)/t11-,12-,14+,15?,16?,17+,20-,21-/m1/s1. The predicted octanol–water partition coefficient (Wildman–Crippen LogP) is 1.95. The number of anilines is 1. The van der Waals surface area contributed by atoms with Crippen molar-refractivity contribution < 1.29 is 56.7 Å². The van der Waals surface area contributed by atoms with Crippen LogP contribution >= 0.6 is 50.4 Å². The van der Waals surface area contributed by atoms with E-state index in [4.69, 9.17) is 68.1 Å². The van der Waals surface area contributed by atoms with Gasteiger partial charge in [-0.1, -0.05) is 23.2 Å². The van der Waals surface area contributed by atoms with Crippen molar-refractivity contribution >= 4 is 78.5 Å². The van der Waals surface area contributed by atoms with Gasteiger partial charge in [0, 0.05) is 0 Å². The number of nitrogens with zero attached hydrogens (tertiary/aromatic N) is 6. The quantitative estimate of drug-likeness (QED) is 0.184. The molecule has 3 aromatic heterocycles. The normalized spacial score (nSPS) is 37.2. The van der Waals surface area contributed by atoms with Crippen LogP contribution in [-0.2, 0) is 36.7 Å². The van der Waals surface area contributed by atoms with Gasteiger partial charge in [-0.05, 0) is 23.7 Å². The number of halogens is 3. The first-order chi connectivity index (χ1) is 21.7. The molecule has 24 heteroatoms. The second-order valence-corrected chi connectivity index (χ2v) is 14.3. The zero-order valence-corrected chi connectivity index (χ0v) is 26.7. The zero-order chi connectivity index (χ0) is 32.7. The number of nitrogens with two attached hydrogens (primary N) is 1. The van der Waals surface area contributed by atoms with Gasteiger partial charge < -0.3 is 35.2 Å². The molecule has 4 unspecified atom stereocenters. The summed E-state index contributed by atoms with van der Waals surface area (Å²) in [6, 6.07) is 2.84. The zero-order valence-electron chi connectivity index (χ0n) is 22.7. The third-order valence-corrected chi connectivity index (χ3v) is 10.5. The molecule has 7 rings (SSSR count). The Bertz CT molecular complexity index is 1930. The number of aliphatic hydroxyl groups excluding tert-OH is 2. The van der Waals surface area contributed by atoms with Crippen molar-refractivity contribution in [3.05, 3.63) is 40.1 Å². The number of phosphoric acid groups is 2. The molecule has 3 fully saturated rings. The number of hydrogen-bond donors (Lipinski definition) is 5. The maximum Gasteiger partial charge on any atom is 0.472 e. The fourth-order valence-electron chi connectivity index (χ4n) is 5.47. The van der Waals surface area contributed by atoms with Gasteiger partial charge in [0.2, 0.25) is 5.28 Å². The SMILES string of the molecule is Nc1ncnc2c1ncn2[C@@H]1O[C@@H]2COP(=O)(O)O[C@@H]3C(O)[C@H](n4c(Cl)nc5cc(Cl)c(Cl)cc54)O[C@@H]3COP(=O)(O)OC2[C@@H]1O. The highest BCUT2D eigenvalue weighted by Crippen LogP contribution is 2.54. The van der Waals surface area contributed by atoms with E-state index >= 15 is 0 Å². The van der Waals surface area contributed by atoms with Crippen LogP contribution in [0.5, 0.6) is 0 Å². The maximum atomic E-state index is 13.1. The average molecular weight is 745 g/mol. The summed E-state index contributed by atoms with van der Waals surface area (Å²) in [5, 5.41) is 22.5. The second-order valence-electron chi connectivity index (χ2n) is 10.4. The monoisotopic (exact) mass is 743 g/mol. The molecule has 4 aromatic rings. The minimum absolute atomic E-state index is 0.0443. The van der Waals surface area contributed by atoms with Gasteiger partial charge >= 0.3 is 15.6 Å². The van der Waals surface area contributed by atoms with Crippen LogP contribution in [0.2, 0.25) is 15.3 Å². The Kier molecular flexibility index (Phi) is 8.37. The Morgan fingerprint density at radius 3 is 2.11 bits per heavy atom. The minimum Gasteiger partial charge on any atom is -0.386 e. The van der Waals surface area contributed by atoms with E-state index in [0.29, 0.717) is 0 Å². The lowest BCUT2D eigenvalue weighted by molar-refractivity contribution is -0.0663. The van der Waals surface area contributed by atoms with Crippen molar-refractivity contribution in [2.45, 2.75) is 49.1 Å². The summed E-state index contributed by atoms with van der Waals surface area (Å²) in [4.78, 5) is 37.5. The number of hydrogen-bond acceptors (Lipinski definition) is 15. The molecule has 6 heterocycles. The van der Waals surface area contributed by atoms with E-state index in [1.165, 1.54) is 27.6 Å². The van der Waals surface area contributed by atoms with Gasteiger partial charge in [0.05, 0.1) is 40.6 Å². The Morgan fingerprint density at radius 1 is 0.870 bits per heavy atom. The maximum absolute atomic E-state index is 13.1. The lowest BCUT2D eigenvalue weighted by Crippen LogP contribution is -2.39. The van der Waals surface area contributed by atoms with Crippen LogP contribution < -0.4 is 5.73 Å². The van der Waals surface area contributed by atoms with Crippen molar-refractivity contribution in [2.24, 2.45) is 0 Å². The molecule has 3 aliphatic rings. The number of imidazole rings is 2. The molecule has 6 N–H and O–H groups in total. The predicted molar refractivity (Wildman–Crippen MR) is 156 cm³/mol. The van der Waals surface area contributed by atoms with E-state index < -0.39 is 77.9 Å². The molecule has 3 aliphatic heterocycles. The number of nitrogen functional groups attached to an aromatic ring is 1. The lowest BCUT2D eigenvalue weighted by Gasteiger charge is -2.27. The third kappa shape index (κ3) is 5.72. The molecule has 0 amide bonds. The summed E-state index contributed by atoms with van der Waals surface area (Å²) in [5.74, 6) is 0.0443. The molecular formula is C22H22Cl3N7O12P2. The van der Waals surface area contributed by atoms with E-state index in [1.54, 1.807) is 0 Å². The number of benzene rings is 1. The van der Waals surface area contributed by atoms with Gasteiger partial charge in [0.15, 0.2) is 23.9 Å². The third-order valence-electron chi connectivity index (χ3n) is 7.54. The van der Waals surface area contributed by atoms with Crippen LogP contribution in [0.15, 0.2) is 24.8 Å². The number of aromatic nitrogens is 6. The summed E-state index contributed by atoms with van der Waals surface area (Å²) < 4.78 is 61.4. The van der Waals surface area contributed by atoms with Crippen LogP contribution in [0.4, 0.5) is 5.82 Å². The van der Waals surface area contributed by atoms with Crippen molar-refractivity contribution in [3.8, 4) is 0 Å². The lowest BCUT2D eigenvalue weighted by atomic mass is 10.1. The minimum atomic E-state index is -5.05. The van der Waals surface area contributed by atoms with E-state index in [0.717, 1.165) is 6.33 Å². The van der Waals surface area contributed by atoms with Gasteiger partial charge in [0.25, 0.3) is 0 Å². The summed E-state index contributed by atoms with van der Waals surface area (Å²) in [5.41, 5.74) is 6.73. The Balaban J connectivity index is 1.18. The number of ether oxygens (including phenoxy) is 2. The highest BCUT2D eigenvalue weighted by molar-refractivity contribution is 7.47. The first kappa shape index (κ1) is 32.5. The molecule has 10 atom stereocenters. The smallest absolute Gasteiger partial charge is 0.386 e. The number of phosphoric ester groups is 2. The molecule has 46 heavy (non-hydrogen) atoms. The van der Waals surface area contributed by atoms with Gasteiger partial charge in [-0.25, -0.2) is 29.1 Å². The van der Waals surface area contributed by atoms with Crippen LogP contribution in [0.3, 0.4) is 0 Å². The number of rotatable bonds is 2.